The Morgan fingerprint density at radius 2 is 1.11 bits per heavy atom. The summed E-state index contributed by atoms with van der Waals surface area (Å²) < 4.78 is 16.2. The van der Waals surface area contributed by atoms with E-state index in [0.29, 0.717) is 35.7 Å². The van der Waals surface area contributed by atoms with Crippen LogP contribution in [0.3, 0.4) is 0 Å². The van der Waals surface area contributed by atoms with Crippen molar-refractivity contribution in [1.82, 2.24) is 5.32 Å². The monoisotopic (exact) mass is 769 g/mol. The van der Waals surface area contributed by atoms with E-state index >= 15 is 0 Å². The fraction of sp³-hybridized carbons (Fsp3) is 0.420. The van der Waals surface area contributed by atoms with E-state index in [9.17, 15) is 14.4 Å². The molecule has 0 atom stereocenters. The Balaban J connectivity index is 1.28. The van der Waals surface area contributed by atoms with Crippen LogP contribution in [-0.2, 0) is 14.3 Å². The first-order valence-electron chi connectivity index (χ1n) is 20.7. The van der Waals surface area contributed by atoms with Crippen LogP contribution in [0.1, 0.15) is 153 Å². The molecule has 3 aromatic carbocycles. The lowest BCUT2D eigenvalue weighted by molar-refractivity contribution is -0.137. The topological polar surface area (TPSA) is 90.9 Å². The number of esters is 2. The molecule has 0 bridgehead atoms. The number of unbranched alkanes of at least 4 members (excludes halogenated alkanes) is 15. The Bertz CT molecular complexity index is 1830. The summed E-state index contributed by atoms with van der Waals surface area (Å²) in [7, 11) is 0. The third-order valence-corrected chi connectivity index (χ3v) is 9.10. The molecule has 57 heavy (non-hydrogen) atoms. The second-order valence-electron chi connectivity index (χ2n) is 13.9. The fourth-order valence-electron chi connectivity index (χ4n) is 5.77. The van der Waals surface area contributed by atoms with Gasteiger partial charge in [-0.2, -0.15) is 0 Å². The number of hydrogen-bond donors (Lipinski definition) is 1. The van der Waals surface area contributed by atoms with Crippen LogP contribution in [0.2, 0.25) is 0 Å². The van der Waals surface area contributed by atoms with Gasteiger partial charge >= 0.3 is 11.9 Å². The Hall–Kier alpha value is -5.55. The molecule has 1 amide bonds. The van der Waals surface area contributed by atoms with E-state index in [1.54, 1.807) is 48.5 Å². The molecular formula is C50H59NO6. The summed E-state index contributed by atoms with van der Waals surface area (Å²) >= 11 is 0. The van der Waals surface area contributed by atoms with E-state index in [4.69, 9.17) is 14.2 Å². The summed E-state index contributed by atoms with van der Waals surface area (Å²) in [5, 5.41) is 2.61. The van der Waals surface area contributed by atoms with Gasteiger partial charge in [-0.25, -0.2) is 9.59 Å². The standard InChI is InChI=1S/C50H59NO6/c1-3-5-6-7-8-11-14-17-20-39-55-40-22-24-43-25-31-45(32-26-43)49(53)51-38-37-44-29-35-47(36-30-44)57-50(54)46-33-27-42(28-34-46)23-19-16-13-10-9-12-15-18-21-41-56-48(52)4-2/h4,25-36H,2-3,5-18,20-21,39-41H2,1H3,(H,51,53). The normalized spacial score (nSPS) is 10.1. The Labute approximate surface area is 341 Å². The molecule has 0 aromatic heterocycles. The highest BCUT2D eigenvalue weighted by atomic mass is 16.5. The van der Waals surface area contributed by atoms with Crippen molar-refractivity contribution < 1.29 is 28.6 Å². The first-order chi connectivity index (χ1) is 28.0. The average molecular weight is 770 g/mol. The van der Waals surface area contributed by atoms with Crippen LogP contribution in [0.15, 0.2) is 85.5 Å². The van der Waals surface area contributed by atoms with E-state index < -0.39 is 5.97 Å². The molecule has 0 spiro atoms. The van der Waals surface area contributed by atoms with E-state index in [1.165, 1.54) is 70.3 Å². The molecule has 0 aliphatic rings. The Morgan fingerprint density at radius 3 is 1.72 bits per heavy atom. The van der Waals surface area contributed by atoms with Gasteiger partial charge in [0, 0.05) is 47.4 Å². The van der Waals surface area contributed by atoms with Crippen molar-refractivity contribution in [3.63, 3.8) is 0 Å². The largest absolute Gasteiger partial charge is 0.463 e. The molecule has 0 radical (unpaired) electrons. The quantitative estimate of drug-likeness (QED) is 0.0244. The van der Waals surface area contributed by atoms with Crippen LogP contribution in [0.5, 0.6) is 5.75 Å². The van der Waals surface area contributed by atoms with Crippen molar-refractivity contribution in [1.29, 1.82) is 0 Å². The molecule has 7 nitrogen and oxygen atoms in total. The van der Waals surface area contributed by atoms with Crippen molar-refractivity contribution >= 4 is 17.8 Å². The van der Waals surface area contributed by atoms with E-state index in [1.807, 2.05) is 24.3 Å². The summed E-state index contributed by atoms with van der Waals surface area (Å²) in [5.74, 6) is 14.7. The lowest BCUT2D eigenvalue weighted by Gasteiger charge is -2.04. The third-order valence-electron chi connectivity index (χ3n) is 9.10. The second kappa shape index (κ2) is 29.7. The summed E-state index contributed by atoms with van der Waals surface area (Å²) in [4.78, 5) is 36.3. The Kier molecular flexibility index (Phi) is 23.9. The zero-order valence-electron chi connectivity index (χ0n) is 33.8. The second-order valence-corrected chi connectivity index (χ2v) is 13.9. The highest BCUT2D eigenvalue weighted by Gasteiger charge is 2.09. The van der Waals surface area contributed by atoms with Crippen molar-refractivity contribution in [3.05, 3.63) is 113 Å². The van der Waals surface area contributed by atoms with E-state index in [-0.39, 0.29) is 11.9 Å². The van der Waals surface area contributed by atoms with Crippen LogP contribution in [0.4, 0.5) is 0 Å². The molecule has 0 fully saturated rings. The SMILES string of the molecule is C=CC(=O)OCCCCCCCCCC#Cc1ccc(C(=O)Oc2ccc(C#CNC(=O)c3ccc(C#CCOCCCCCCCCCCC)cc3)cc2)cc1. The maximum Gasteiger partial charge on any atom is 0.343 e. The van der Waals surface area contributed by atoms with Gasteiger partial charge in [0.05, 0.1) is 12.2 Å². The number of nitrogens with one attached hydrogen (secondary N) is 1. The summed E-state index contributed by atoms with van der Waals surface area (Å²) in [6.45, 7) is 7.23. The third kappa shape index (κ3) is 21.4. The summed E-state index contributed by atoms with van der Waals surface area (Å²) in [5.41, 5.74) is 3.23. The number of hydrogen-bond acceptors (Lipinski definition) is 6. The average Bonchev–Trinajstić information content (AvgIpc) is 3.23. The van der Waals surface area contributed by atoms with Crippen LogP contribution < -0.4 is 10.1 Å². The number of carbonyl (C=O) groups is 3. The molecule has 1 N–H and O–H groups in total. The van der Waals surface area contributed by atoms with Gasteiger partial charge in [0.25, 0.3) is 5.91 Å². The number of amides is 1. The molecule has 0 saturated heterocycles. The van der Waals surface area contributed by atoms with Crippen LogP contribution in [0.25, 0.3) is 0 Å². The van der Waals surface area contributed by atoms with Gasteiger partial charge in [-0.15, -0.1) is 0 Å². The van der Waals surface area contributed by atoms with Gasteiger partial charge in [0.1, 0.15) is 12.4 Å². The zero-order chi connectivity index (χ0) is 40.6. The minimum Gasteiger partial charge on any atom is -0.463 e. The molecule has 3 aromatic rings. The molecule has 3 rings (SSSR count). The summed E-state index contributed by atoms with van der Waals surface area (Å²) in [6.07, 6.45) is 21.2. The van der Waals surface area contributed by atoms with Crippen molar-refractivity contribution in [2.45, 2.75) is 116 Å². The lowest BCUT2D eigenvalue weighted by Crippen LogP contribution is -2.17. The van der Waals surface area contributed by atoms with Crippen LogP contribution in [-0.4, -0.2) is 37.7 Å². The molecular weight excluding hydrogens is 711 g/mol. The van der Waals surface area contributed by atoms with E-state index in [0.717, 1.165) is 62.7 Å². The highest BCUT2D eigenvalue weighted by molar-refractivity contribution is 5.95. The molecule has 0 aliphatic carbocycles. The summed E-state index contributed by atoms with van der Waals surface area (Å²) in [6, 6.07) is 23.6. The Morgan fingerprint density at radius 1 is 0.596 bits per heavy atom. The smallest absolute Gasteiger partial charge is 0.343 e. The highest BCUT2D eigenvalue weighted by Crippen LogP contribution is 2.15. The first kappa shape index (κ1) is 45.8. The van der Waals surface area contributed by atoms with Crippen LogP contribution >= 0.6 is 0 Å². The maximum atomic E-state index is 12.7. The predicted octanol–water partition coefficient (Wildman–Crippen LogP) is 10.7. The van der Waals surface area contributed by atoms with Gasteiger partial charge in [-0.1, -0.05) is 121 Å². The fourth-order valence-corrected chi connectivity index (χ4v) is 5.77. The number of benzene rings is 3. The molecule has 0 unspecified atom stereocenters. The van der Waals surface area contributed by atoms with Gasteiger partial charge in [-0.3, -0.25) is 10.1 Å². The van der Waals surface area contributed by atoms with Crippen molar-refractivity contribution in [3.8, 4) is 41.4 Å². The van der Waals surface area contributed by atoms with Gasteiger partial charge in [0.2, 0.25) is 0 Å². The molecule has 0 heterocycles. The number of ether oxygens (including phenoxy) is 3. The zero-order valence-corrected chi connectivity index (χ0v) is 33.8. The van der Waals surface area contributed by atoms with Crippen molar-refractivity contribution in [2.75, 3.05) is 19.8 Å². The lowest BCUT2D eigenvalue weighted by atomic mass is 10.1. The minimum absolute atomic E-state index is 0.310. The molecule has 7 heteroatoms. The maximum absolute atomic E-state index is 12.7. The molecule has 0 aliphatic heterocycles. The molecule has 300 valence electrons. The van der Waals surface area contributed by atoms with E-state index in [2.05, 4.69) is 54.5 Å². The van der Waals surface area contributed by atoms with Gasteiger partial charge < -0.3 is 14.2 Å². The number of carbonyl (C=O) groups excluding carboxylic acids is 3. The molecule has 0 saturated carbocycles. The predicted molar refractivity (Wildman–Crippen MR) is 229 cm³/mol. The number of rotatable bonds is 24. The first-order valence-corrected chi connectivity index (χ1v) is 20.7. The van der Waals surface area contributed by atoms with Gasteiger partial charge in [0.15, 0.2) is 0 Å². The van der Waals surface area contributed by atoms with Crippen molar-refractivity contribution in [2.24, 2.45) is 0 Å². The minimum atomic E-state index is -0.465. The van der Waals surface area contributed by atoms with Gasteiger partial charge in [-0.05, 0) is 98.0 Å². The van der Waals surface area contributed by atoms with Crippen LogP contribution in [0, 0.1) is 35.6 Å².